The monoisotopic (exact) mass is 268 g/mol. The molecule has 0 saturated heterocycles. The summed E-state index contributed by atoms with van der Waals surface area (Å²) in [5.74, 6) is -2.36. The van der Waals surface area contributed by atoms with Crippen LogP contribution in [0.2, 0.25) is 0 Å². The lowest BCUT2D eigenvalue weighted by Gasteiger charge is -2.16. The van der Waals surface area contributed by atoms with Gasteiger partial charge in [0.15, 0.2) is 17.2 Å². The van der Waals surface area contributed by atoms with Gasteiger partial charge in [0.1, 0.15) is 6.10 Å². The van der Waals surface area contributed by atoms with Gasteiger partial charge in [0.2, 0.25) is 0 Å². The van der Waals surface area contributed by atoms with E-state index < -0.39 is 23.2 Å². The van der Waals surface area contributed by atoms with Gasteiger partial charge < -0.3 is 20.1 Å². The minimum atomic E-state index is -0.644. The average molecular weight is 268 g/mol. The molecule has 1 rings (SSSR count). The van der Waals surface area contributed by atoms with Crippen LogP contribution in [0.5, 0.6) is 17.2 Å². The first kappa shape index (κ1) is 15.1. The maximum absolute atomic E-state index is 11.9. The van der Waals surface area contributed by atoms with Crippen LogP contribution in [0.1, 0.15) is 49.9 Å². The van der Waals surface area contributed by atoms with E-state index in [1.807, 2.05) is 6.92 Å². The van der Waals surface area contributed by atoms with Crippen LogP contribution in [0.15, 0.2) is 12.1 Å². The van der Waals surface area contributed by atoms with Gasteiger partial charge in [-0.1, -0.05) is 26.7 Å². The fourth-order valence-electron chi connectivity index (χ4n) is 1.72. The third kappa shape index (κ3) is 4.05. The predicted octanol–water partition coefficient (Wildman–Crippen LogP) is 2.93. The second kappa shape index (κ2) is 6.87. The van der Waals surface area contributed by atoms with Gasteiger partial charge in [0.05, 0.1) is 5.56 Å². The maximum Gasteiger partial charge on any atom is 0.338 e. The molecule has 0 heterocycles. The smallest absolute Gasteiger partial charge is 0.338 e. The van der Waals surface area contributed by atoms with E-state index in [0.29, 0.717) is 6.42 Å². The summed E-state index contributed by atoms with van der Waals surface area (Å²) in [5.41, 5.74) is 0.0164. The number of hydrogen-bond acceptors (Lipinski definition) is 5. The molecule has 19 heavy (non-hydrogen) atoms. The number of ether oxygens (including phenoxy) is 1. The molecule has 3 N–H and O–H groups in total. The standard InChI is InChI=1S/C14H20O5/c1-3-5-6-10(4-2)19-14(18)9-7-11(15)13(17)12(16)8-9/h7-8,10,15-17H,3-6H2,1-2H3. The molecular weight excluding hydrogens is 248 g/mol. The zero-order valence-electron chi connectivity index (χ0n) is 11.2. The molecule has 0 aliphatic heterocycles. The van der Waals surface area contributed by atoms with Crippen LogP contribution in [-0.4, -0.2) is 27.4 Å². The highest BCUT2D eigenvalue weighted by Gasteiger charge is 2.17. The van der Waals surface area contributed by atoms with Gasteiger partial charge in [-0.05, 0) is 25.0 Å². The summed E-state index contributed by atoms with van der Waals surface area (Å²) in [5, 5.41) is 27.9. The first-order chi connectivity index (χ1) is 8.99. The van der Waals surface area contributed by atoms with Gasteiger partial charge >= 0.3 is 5.97 Å². The van der Waals surface area contributed by atoms with Crippen molar-refractivity contribution in [1.82, 2.24) is 0 Å². The normalized spacial score (nSPS) is 12.1. The number of carbonyl (C=O) groups excluding carboxylic acids is 1. The van der Waals surface area contributed by atoms with Crippen molar-refractivity contribution in [3.8, 4) is 17.2 Å². The Balaban J connectivity index is 2.77. The zero-order chi connectivity index (χ0) is 14.4. The van der Waals surface area contributed by atoms with E-state index in [2.05, 4.69) is 6.92 Å². The molecule has 0 bridgehead atoms. The maximum atomic E-state index is 11.9. The van der Waals surface area contributed by atoms with Crippen LogP contribution >= 0.6 is 0 Å². The summed E-state index contributed by atoms with van der Waals surface area (Å²) in [6, 6.07) is 2.15. The van der Waals surface area contributed by atoms with E-state index in [0.717, 1.165) is 31.4 Å². The first-order valence-corrected chi connectivity index (χ1v) is 6.45. The summed E-state index contributed by atoms with van der Waals surface area (Å²) in [7, 11) is 0. The van der Waals surface area contributed by atoms with Gasteiger partial charge in [-0.15, -0.1) is 0 Å². The largest absolute Gasteiger partial charge is 0.504 e. The highest BCUT2D eigenvalue weighted by molar-refractivity contribution is 5.91. The van der Waals surface area contributed by atoms with Crippen molar-refractivity contribution in [2.45, 2.75) is 45.6 Å². The summed E-state index contributed by atoms with van der Waals surface area (Å²) < 4.78 is 5.29. The molecule has 5 heteroatoms. The van der Waals surface area contributed by atoms with Gasteiger partial charge in [0, 0.05) is 0 Å². The summed E-state index contributed by atoms with van der Waals surface area (Å²) in [4.78, 5) is 11.9. The molecule has 0 saturated carbocycles. The number of phenolic OH excluding ortho intramolecular Hbond substituents is 3. The molecule has 0 radical (unpaired) electrons. The highest BCUT2D eigenvalue weighted by Crippen LogP contribution is 2.35. The number of esters is 1. The molecule has 0 fully saturated rings. The Morgan fingerprint density at radius 3 is 2.26 bits per heavy atom. The Hall–Kier alpha value is -1.91. The number of carbonyl (C=O) groups is 1. The van der Waals surface area contributed by atoms with E-state index in [4.69, 9.17) is 4.74 Å². The van der Waals surface area contributed by atoms with Crippen molar-refractivity contribution in [2.75, 3.05) is 0 Å². The topological polar surface area (TPSA) is 87.0 Å². The Morgan fingerprint density at radius 2 is 1.79 bits per heavy atom. The quantitative estimate of drug-likeness (QED) is 0.545. The predicted molar refractivity (Wildman–Crippen MR) is 70.5 cm³/mol. The summed E-state index contributed by atoms with van der Waals surface area (Å²) in [6.45, 7) is 3.99. The summed E-state index contributed by atoms with van der Waals surface area (Å²) >= 11 is 0. The molecule has 1 aromatic carbocycles. The van der Waals surface area contributed by atoms with Crippen molar-refractivity contribution in [3.63, 3.8) is 0 Å². The van der Waals surface area contributed by atoms with Gasteiger partial charge in [-0.25, -0.2) is 4.79 Å². The lowest BCUT2D eigenvalue weighted by Crippen LogP contribution is -2.17. The van der Waals surface area contributed by atoms with Crippen LogP contribution in [0.25, 0.3) is 0 Å². The van der Waals surface area contributed by atoms with Crippen LogP contribution in [0.3, 0.4) is 0 Å². The molecule has 5 nitrogen and oxygen atoms in total. The zero-order valence-corrected chi connectivity index (χ0v) is 11.2. The van der Waals surface area contributed by atoms with Gasteiger partial charge in [-0.3, -0.25) is 0 Å². The fraction of sp³-hybridized carbons (Fsp3) is 0.500. The van der Waals surface area contributed by atoms with Crippen LogP contribution in [0, 0.1) is 0 Å². The molecule has 1 unspecified atom stereocenters. The van der Waals surface area contributed by atoms with Crippen LogP contribution < -0.4 is 0 Å². The SMILES string of the molecule is CCCCC(CC)OC(=O)c1cc(O)c(O)c(O)c1. The van der Waals surface area contributed by atoms with Crippen molar-refractivity contribution in [3.05, 3.63) is 17.7 Å². The molecule has 0 amide bonds. The van der Waals surface area contributed by atoms with E-state index >= 15 is 0 Å². The molecule has 0 aromatic heterocycles. The third-order valence-electron chi connectivity index (χ3n) is 2.91. The Bertz CT molecular complexity index is 418. The Labute approximate surface area is 112 Å². The molecule has 106 valence electrons. The second-order valence-corrected chi connectivity index (χ2v) is 4.44. The number of unbranched alkanes of at least 4 members (excludes halogenated alkanes) is 1. The van der Waals surface area contributed by atoms with Crippen molar-refractivity contribution < 1.29 is 24.9 Å². The molecule has 0 aliphatic rings. The minimum Gasteiger partial charge on any atom is -0.504 e. The first-order valence-electron chi connectivity index (χ1n) is 6.45. The van der Waals surface area contributed by atoms with E-state index in [9.17, 15) is 20.1 Å². The Kier molecular flexibility index (Phi) is 5.48. The molecule has 0 spiro atoms. The average Bonchev–Trinajstić information content (AvgIpc) is 2.39. The van der Waals surface area contributed by atoms with Crippen molar-refractivity contribution in [2.24, 2.45) is 0 Å². The number of phenols is 3. The van der Waals surface area contributed by atoms with E-state index in [1.165, 1.54) is 0 Å². The van der Waals surface area contributed by atoms with Crippen LogP contribution in [-0.2, 0) is 4.74 Å². The molecular formula is C14H20O5. The minimum absolute atomic E-state index is 0.0164. The van der Waals surface area contributed by atoms with E-state index in [1.54, 1.807) is 0 Å². The number of benzene rings is 1. The molecule has 0 aliphatic carbocycles. The van der Waals surface area contributed by atoms with Crippen LogP contribution in [0.4, 0.5) is 0 Å². The number of hydrogen-bond donors (Lipinski definition) is 3. The second-order valence-electron chi connectivity index (χ2n) is 4.44. The Morgan fingerprint density at radius 1 is 1.21 bits per heavy atom. The lowest BCUT2D eigenvalue weighted by atomic mass is 10.1. The van der Waals surface area contributed by atoms with Gasteiger partial charge in [-0.2, -0.15) is 0 Å². The van der Waals surface area contributed by atoms with Crippen molar-refractivity contribution >= 4 is 5.97 Å². The van der Waals surface area contributed by atoms with Crippen molar-refractivity contribution in [1.29, 1.82) is 0 Å². The molecule has 1 atom stereocenters. The molecule has 1 aromatic rings. The fourth-order valence-corrected chi connectivity index (χ4v) is 1.72. The van der Waals surface area contributed by atoms with E-state index in [-0.39, 0.29) is 11.7 Å². The van der Waals surface area contributed by atoms with Gasteiger partial charge in [0.25, 0.3) is 0 Å². The number of aromatic hydroxyl groups is 3. The number of rotatable bonds is 6. The third-order valence-corrected chi connectivity index (χ3v) is 2.91. The highest BCUT2D eigenvalue weighted by atomic mass is 16.5. The lowest BCUT2D eigenvalue weighted by molar-refractivity contribution is 0.0267. The summed E-state index contributed by atoms with van der Waals surface area (Å²) in [6.07, 6.45) is 3.31.